The molecule has 0 radical (unpaired) electrons. The maximum atomic E-state index is 11.6. The summed E-state index contributed by atoms with van der Waals surface area (Å²) in [6.07, 6.45) is 0.745. The van der Waals surface area contributed by atoms with E-state index in [1.807, 2.05) is 6.92 Å². The third-order valence-electron chi connectivity index (χ3n) is 2.30. The van der Waals surface area contributed by atoms with Gasteiger partial charge in [0, 0.05) is 0 Å². The Bertz CT molecular complexity index is 378. The number of rotatable bonds is 3. The molecule has 0 heterocycles. The van der Waals surface area contributed by atoms with Gasteiger partial charge in [-0.25, -0.2) is 0 Å². The fourth-order valence-electron chi connectivity index (χ4n) is 1.32. The van der Waals surface area contributed by atoms with Crippen LogP contribution in [0.3, 0.4) is 0 Å². The molecule has 16 heavy (non-hydrogen) atoms. The Morgan fingerprint density at radius 1 is 1.44 bits per heavy atom. The molecule has 0 aliphatic rings. The van der Waals surface area contributed by atoms with Crippen LogP contribution in [0.15, 0.2) is 12.1 Å². The molecule has 88 valence electrons. The summed E-state index contributed by atoms with van der Waals surface area (Å²) in [7, 11) is 0. The number of hydrogen-bond donors (Lipinski definition) is 1. The molecule has 0 saturated heterocycles. The van der Waals surface area contributed by atoms with Gasteiger partial charge in [-0.05, 0) is 43.5 Å². The van der Waals surface area contributed by atoms with E-state index in [0.717, 1.165) is 6.42 Å². The SMILES string of the molecule is CCC(I)C(=O)Oc1cc(C)c(O)c(C)c1. The van der Waals surface area contributed by atoms with Crippen LogP contribution in [-0.2, 0) is 4.79 Å². The van der Waals surface area contributed by atoms with Crippen molar-refractivity contribution in [3.63, 3.8) is 0 Å². The van der Waals surface area contributed by atoms with Crippen molar-refractivity contribution in [2.45, 2.75) is 31.1 Å². The van der Waals surface area contributed by atoms with Crippen LogP contribution in [0, 0.1) is 13.8 Å². The molecule has 0 amide bonds. The van der Waals surface area contributed by atoms with Gasteiger partial charge in [0.1, 0.15) is 15.4 Å². The third-order valence-corrected chi connectivity index (χ3v) is 3.69. The quantitative estimate of drug-likeness (QED) is 0.400. The minimum Gasteiger partial charge on any atom is -0.507 e. The minimum absolute atomic E-state index is 0.132. The Hall–Kier alpha value is -0.780. The van der Waals surface area contributed by atoms with Crippen molar-refractivity contribution in [3.05, 3.63) is 23.3 Å². The Kier molecular flexibility index (Phi) is 4.58. The van der Waals surface area contributed by atoms with Crippen LogP contribution in [0.1, 0.15) is 24.5 Å². The average Bonchev–Trinajstić information content (AvgIpc) is 2.24. The molecule has 0 fully saturated rings. The lowest BCUT2D eigenvalue weighted by Crippen LogP contribution is -2.19. The van der Waals surface area contributed by atoms with Gasteiger partial charge in [0.2, 0.25) is 0 Å². The number of carbonyl (C=O) groups is 1. The van der Waals surface area contributed by atoms with Gasteiger partial charge in [-0.1, -0.05) is 29.5 Å². The summed E-state index contributed by atoms with van der Waals surface area (Å²) < 4.78 is 5.09. The lowest BCUT2D eigenvalue weighted by Gasteiger charge is -2.10. The molecule has 1 N–H and O–H groups in total. The first kappa shape index (κ1) is 13.3. The van der Waals surface area contributed by atoms with E-state index in [9.17, 15) is 9.90 Å². The maximum absolute atomic E-state index is 11.6. The first-order chi connectivity index (χ1) is 7.45. The van der Waals surface area contributed by atoms with Crippen molar-refractivity contribution in [1.82, 2.24) is 0 Å². The number of aromatic hydroxyl groups is 1. The summed E-state index contributed by atoms with van der Waals surface area (Å²) in [5.74, 6) is 0.502. The molecule has 1 atom stereocenters. The van der Waals surface area contributed by atoms with Crippen LogP contribution in [0.2, 0.25) is 0 Å². The second-order valence-corrected chi connectivity index (χ2v) is 5.21. The Morgan fingerprint density at radius 2 is 1.94 bits per heavy atom. The van der Waals surface area contributed by atoms with Gasteiger partial charge in [0.15, 0.2) is 0 Å². The van der Waals surface area contributed by atoms with Crippen molar-refractivity contribution in [2.24, 2.45) is 0 Å². The van der Waals surface area contributed by atoms with Crippen LogP contribution >= 0.6 is 22.6 Å². The van der Waals surface area contributed by atoms with Gasteiger partial charge >= 0.3 is 5.97 Å². The third kappa shape index (κ3) is 3.10. The highest BCUT2D eigenvalue weighted by Crippen LogP contribution is 2.27. The van der Waals surface area contributed by atoms with Crippen molar-refractivity contribution in [1.29, 1.82) is 0 Å². The fraction of sp³-hybridized carbons (Fsp3) is 0.417. The molecule has 0 aromatic heterocycles. The number of hydrogen-bond acceptors (Lipinski definition) is 3. The largest absolute Gasteiger partial charge is 0.507 e. The zero-order valence-corrected chi connectivity index (χ0v) is 11.7. The lowest BCUT2D eigenvalue weighted by molar-refractivity contribution is -0.133. The number of esters is 1. The summed E-state index contributed by atoms with van der Waals surface area (Å²) in [4.78, 5) is 11.6. The van der Waals surface area contributed by atoms with E-state index in [1.54, 1.807) is 26.0 Å². The van der Waals surface area contributed by atoms with Crippen molar-refractivity contribution in [3.8, 4) is 11.5 Å². The first-order valence-electron chi connectivity index (χ1n) is 5.11. The zero-order chi connectivity index (χ0) is 12.3. The minimum atomic E-state index is -0.243. The molecular weight excluding hydrogens is 319 g/mol. The molecule has 1 unspecified atom stereocenters. The van der Waals surface area contributed by atoms with Crippen LogP contribution < -0.4 is 4.74 Å². The molecule has 0 saturated carbocycles. The van der Waals surface area contributed by atoms with E-state index in [-0.39, 0.29) is 15.6 Å². The Balaban J connectivity index is 2.87. The predicted octanol–water partition coefficient (Wildman–Crippen LogP) is 3.13. The van der Waals surface area contributed by atoms with Crippen molar-refractivity contribution in [2.75, 3.05) is 0 Å². The number of alkyl halides is 1. The number of carbonyl (C=O) groups excluding carboxylic acids is 1. The smallest absolute Gasteiger partial charge is 0.324 e. The molecule has 1 aromatic rings. The van der Waals surface area contributed by atoms with E-state index in [1.165, 1.54) is 0 Å². The summed E-state index contributed by atoms with van der Waals surface area (Å²) in [5.41, 5.74) is 1.42. The molecule has 0 spiro atoms. The number of ether oxygens (including phenoxy) is 1. The highest BCUT2D eigenvalue weighted by molar-refractivity contribution is 14.1. The van der Waals surface area contributed by atoms with Crippen molar-refractivity contribution >= 4 is 28.6 Å². The number of phenolic OH excluding ortho intramolecular Hbond substituents is 1. The van der Waals surface area contributed by atoms with Gasteiger partial charge in [0.05, 0.1) is 0 Å². The van der Waals surface area contributed by atoms with E-state index in [4.69, 9.17) is 4.74 Å². The van der Waals surface area contributed by atoms with Gasteiger partial charge < -0.3 is 9.84 Å². The molecule has 4 heteroatoms. The van der Waals surface area contributed by atoms with Gasteiger partial charge in [0.25, 0.3) is 0 Å². The summed E-state index contributed by atoms with van der Waals surface area (Å²) in [6, 6.07) is 3.33. The van der Waals surface area contributed by atoms with Gasteiger partial charge in [-0.2, -0.15) is 0 Å². The predicted molar refractivity (Wildman–Crippen MR) is 71.3 cm³/mol. The summed E-state index contributed by atoms with van der Waals surface area (Å²) in [5, 5.41) is 9.58. The summed E-state index contributed by atoms with van der Waals surface area (Å²) >= 11 is 2.06. The molecular formula is C12H15IO3. The lowest BCUT2D eigenvalue weighted by atomic mass is 10.1. The number of aryl methyl sites for hydroxylation is 2. The van der Waals surface area contributed by atoms with Crippen LogP contribution in [-0.4, -0.2) is 15.0 Å². The molecule has 1 aromatic carbocycles. The van der Waals surface area contributed by atoms with E-state index in [2.05, 4.69) is 22.6 Å². The first-order valence-corrected chi connectivity index (χ1v) is 6.36. The molecule has 1 rings (SSSR count). The topological polar surface area (TPSA) is 46.5 Å². The summed E-state index contributed by atoms with van der Waals surface area (Å²) in [6.45, 7) is 5.49. The van der Waals surface area contributed by atoms with Gasteiger partial charge in [-0.15, -0.1) is 0 Å². The van der Waals surface area contributed by atoms with E-state index < -0.39 is 0 Å². The Morgan fingerprint density at radius 3 is 2.38 bits per heavy atom. The fourth-order valence-corrected chi connectivity index (χ4v) is 1.45. The number of halogens is 1. The molecule has 3 nitrogen and oxygen atoms in total. The number of phenols is 1. The highest BCUT2D eigenvalue weighted by atomic mass is 127. The monoisotopic (exact) mass is 334 g/mol. The average molecular weight is 334 g/mol. The zero-order valence-electron chi connectivity index (χ0n) is 9.58. The maximum Gasteiger partial charge on any atom is 0.324 e. The molecule has 0 aliphatic heterocycles. The number of benzene rings is 1. The van der Waals surface area contributed by atoms with Crippen LogP contribution in [0.25, 0.3) is 0 Å². The van der Waals surface area contributed by atoms with Crippen LogP contribution in [0.5, 0.6) is 11.5 Å². The second kappa shape index (κ2) is 5.52. The normalized spacial score (nSPS) is 12.2. The Labute approximate surface area is 109 Å². The van der Waals surface area contributed by atoms with E-state index >= 15 is 0 Å². The highest BCUT2D eigenvalue weighted by Gasteiger charge is 2.15. The standard InChI is InChI=1S/C12H15IO3/c1-4-10(13)12(15)16-9-5-7(2)11(14)8(3)6-9/h5-6,10,14H,4H2,1-3H3. The van der Waals surface area contributed by atoms with Crippen LogP contribution in [0.4, 0.5) is 0 Å². The van der Waals surface area contributed by atoms with Crippen molar-refractivity contribution < 1.29 is 14.6 Å². The van der Waals surface area contributed by atoms with Gasteiger partial charge in [-0.3, -0.25) is 4.79 Å². The molecule has 0 aliphatic carbocycles. The van der Waals surface area contributed by atoms with E-state index in [0.29, 0.717) is 16.9 Å². The molecule has 0 bridgehead atoms. The second-order valence-electron chi connectivity index (χ2n) is 3.70.